The lowest BCUT2D eigenvalue weighted by atomic mass is 9.87. The lowest BCUT2D eigenvalue weighted by Gasteiger charge is -2.20. The number of hydrogen-bond acceptors (Lipinski definition) is 3. The third-order valence-corrected chi connectivity index (χ3v) is 4.78. The summed E-state index contributed by atoms with van der Waals surface area (Å²) >= 11 is 3.52. The highest BCUT2D eigenvalue weighted by molar-refractivity contribution is 9.10. The fourth-order valence-electron chi connectivity index (χ4n) is 2.59. The van der Waals surface area contributed by atoms with Gasteiger partial charge in [0, 0.05) is 21.9 Å². The molecule has 1 aromatic carbocycles. The van der Waals surface area contributed by atoms with Gasteiger partial charge in [-0.2, -0.15) is 0 Å². The van der Waals surface area contributed by atoms with E-state index in [0.717, 1.165) is 21.3 Å². The topological polar surface area (TPSA) is 63.1 Å². The zero-order valence-electron chi connectivity index (χ0n) is 11.6. The zero-order valence-corrected chi connectivity index (χ0v) is 13.2. The van der Waals surface area contributed by atoms with E-state index in [0.29, 0.717) is 25.1 Å². The Kier molecular flexibility index (Phi) is 3.76. The minimum atomic E-state index is -0.729. The molecule has 0 spiro atoms. The van der Waals surface area contributed by atoms with Gasteiger partial charge < -0.3 is 5.11 Å². The van der Waals surface area contributed by atoms with E-state index in [2.05, 4.69) is 25.9 Å². The van der Waals surface area contributed by atoms with E-state index in [-0.39, 0.29) is 5.92 Å². The highest BCUT2D eigenvalue weighted by atomic mass is 79.9. The lowest BCUT2D eigenvalue weighted by Crippen LogP contribution is -2.23. The van der Waals surface area contributed by atoms with Crippen molar-refractivity contribution in [2.24, 2.45) is 5.92 Å². The summed E-state index contributed by atoms with van der Waals surface area (Å²) in [6.45, 7) is 2.04. The molecule has 0 amide bonds. The Morgan fingerprint density at radius 3 is 2.95 bits per heavy atom. The standard InChI is InChI=1S/C16H15BrN2O2/c1-9-2-3-10(7-13(9)17)15-18-8-12-6-11(16(20)21)4-5-14(12)19-15/h2-3,7-8,11H,4-6H2,1H3,(H,20,21). The largest absolute Gasteiger partial charge is 0.481 e. The minimum Gasteiger partial charge on any atom is -0.481 e. The summed E-state index contributed by atoms with van der Waals surface area (Å²) in [6.07, 6.45) is 3.66. The molecule has 108 valence electrons. The van der Waals surface area contributed by atoms with E-state index in [1.807, 2.05) is 25.1 Å². The zero-order chi connectivity index (χ0) is 15.0. The maximum Gasteiger partial charge on any atom is 0.306 e. The van der Waals surface area contributed by atoms with Gasteiger partial charge in [-0.15, -0.1) is 0 Å². The molecule has 1 aromatic heterocycles. The Morgan fingerprint density at radius 2 is 2.24 bits per heavy atom. The fourth-order valence-corrected chi connectivity index (χ4v) is 2.97. The van der Waals surface area contributed by atoms with Crippen LogP contribution in [0.2, 0.25) is 0 Å². The van der Waals surface area contributed by atoms with Gasteiger partial charge in [0.05, 0.1) is 5.92 Å². The lowest BCUT2D eigenvalue weighted by molar-refractivity contribution is -0.142. The summed E-state index contributed by atoms with van der Waals surface area (Å²) in [5.74, 6) is -0.337. The van der Waals surface area contributed by atoms with Gasteiger partial charge in [-0.05, 0) is 43.4 Å². The maximum atomic E-state index is 11.1. The number of carboxylic acids is 1. The normalized spacial score (nSPS) is 17.3. The minimum absolute atomic E-state index is 0.305. The molecule has 3 rings (SSSR count). The van der Waals surface area contributed by atoms with Crippen molar-refractivity contribution in [2.45, 2.75) is 26.2 Å². The summed E-state index contributed by atoms with van der Waals surface area (Å²) < 4.78 is 1.03. The fraction of sp³-hybridized carbons (Fsp3) is 0.312. The van der Waals surface area contributed by atoms with Gasteiger partial charge >= 0.3 is 5.97 Å². The van der Waals surface area contributed by atoms with Gasteiger partial charge in [-0.25, -0.2) is 9.97 Å². The number of carbonyl (C=O) groups is 1. The van der Waals surface area contributed by atoms with Gasteiger partial charge in [-0.3, -0.25) is 4.79 Å². The summed E-state index contributed by atoms with van der Waals surface area (Å²) in [6, 6.07) is 6.05. The van der Waals surface area contributed by atoms with Crippen LogP contribution in [-0.4, -0.2) is 21.0 Å². The molecule has 1 atom stereocenters. The number of nitrogens with zero attached hydrogens (tertiary/aromatic N) is 2. The van der Waals surface area contributed by atoms with Crippen LogP contribution in [0.15, 0.2) is 28.9 Å². The Morgan fingerprint density at radius 1 is 1.43 bits per heavy atom. The van der Waals surface area contributed by atoms with E-state index >= 15 is 0 Å². The van der Waals surface area contributed by atoms with Gasteiger partial charge in [0.2, 0.25) is 0 Å². The van der Waals surface area contributed by atoms with E-state index in [9.17, 15) is 4.79 Å². The molecule has 1 aliphatic rings. The number of aryl methyl sites for hydroxylation is 2. The molecule has 1 N–H and O–H groups in total. The average molecular weight is 347 g/mol. The predicted octanol–water partition coefficient (Wildman–Crippen LogP) is 3.40. The van der Waals surface area contributed by atoms with Crippen molar-refractivity contribution in [3.05, 3.63) is 45.7 Å². The second kappa shape index (κ2) is 5.56. The smallest absolute Gasteiger partial charge is 0.306 e. The Balaban J connectivity index is 1.93. The summed E-state index contributed by atoms with van der Waals surface area (Å²) in [5.41, 5.74) is 4.08. The Labute approximate surface area is 131 Å². The first-order valence-electron chi connectivity index (χ1n) is 6.88. The van der Waals surface area contributed by atoms with Gasteiger partial charge in [0.25, 0.3) is 0 Å². The molecule has 0 fully saturated rings. The van der Waals surface area contributed by atoms with Gasteiger partial charge in [0.1, 0.15) is 0 Å². The van der Waals surface area contributed by atoms with Crippen molar-refractivity contribution in [3.8, 4) is 11.4 Å². The van der Waals surface area contributed by atoms with Crippen molar-refractivity contribution in [1.82, 2.24) is 9.97 Å². The van der Waals surface area contributed by atoms with Crippen molar-refractivity contribution >= 4 is 21.9 Å². The van der Waals surface area contributed by atoms with Crippen LogP contribution >= 0.6 is 15.9 Å². The first kappa shape index (κ1) is 14.2. The van der Waals surface area contributed by atoms with E-state index in [1.165, 1.54) is 5.56 Å². The number of carboxylic acid groups (broad SMARTS) is 1. The molecule has 0 aliphatic heterocycles. The third kappa shape index (κ3) is 2.83. The second-order valence-electron chi connectivity index (χ2n) is 5.41. The number of aromatic nitrogens is 2. The molecular weight excluding hydrogens is 332 g/mol. The summed E-state index contributed by atoms with van der Waals surface area (Å²) in [4.78, 5) is 20.1. The number of aliphatic carboxylic acids is 1. The van der Waals surface area contributed by atoms with Crippen molar-refractivity contribution < 1.29 is 9.90 Å². The second-order valence-corrected chi connectivity index (χ2v) is 6.26. The van der Waals surface area contributed by atoms with Crippen molar-refractivity contribution in [3.63, 3.8) is 0 Å². The quantitative estimate of drug-likeness (QED) is 0.904. The van der Waals surface area contributed by atoms with Crippen LogP contribution in [0.4, 0.5) is 0 Å². The van der Waals surface area contributed by atoms with Crippen LogP contribution in [0.25, 0.3) is 11.4 Å². The molecule has 1 unspecified atom stereocenters. The molecule has 4 nitrogen and oxygen atoms in total. The summed E-state index contributed by atoms with van der Waals surface area (Å²) in [5, 5.41) is 9.11. The third-order valence-electron chi connectivity index (χ3n) is 3.93. The SMILES string of the molecule is Cc1ccc(-c2ncc3c(n2)CCC(C(=O)O)C3)cc1Br. The first-order chi connectivity index (χ1) is 10.0. The summed E-state index contributed by atoms with van der Waals surface area (Å²) in [7, 11) is 0. The number of hydrogen-bond donors (Lipinski definition) is 1. The molecule has 0 saturated carbocycles. The number of halogens is 1. The molecule has 5 heteroatoms. The molecular formula is C16H15BrN2O2. The maximum absolute atomic E-state index is 11.1. The van der Waals surface area contributed by atoms with Crippen LogP contribution in [0.5, 0.6) is 0 Å². The van der Waals surface area contributed by atoms with Gasteiger partial charge in [-0.1, -0.05) is 28.1 Å². The number of rotatable bonds is 2. The molecule has 0 radical (unpaired) electrons. The molecule has 21 heavy (non-hydrogen) atoms. The predicted molar refractivity (Wildman–Crippen MR) is 83.1 cm³/mol. The molecule has 1 heterocycles. The highest BCUT2D eigenvalue weighted by Crippen LogP contribution is 2.27. The number of fused-ring (bicyclic) bond motifs is 1. The van der Waals surface area contributed by atoms with Crippen LogP contribution < -0.4 is 0 Å². The van der Waals surface area contributed by atoms with E-state index < -0.39 is 5.97 Å². The Hall–Kier alpha value is -1.75. The number of benzene rings is 1. The molecule has 1 aliphatic carbocycles. The van der Waals surface area contributed by atoms with Crippen LogP contribution in [0.3, 0.4) is 0 Å². The first-order valence-corrected chi connectivity index (χ1v) is 7.68. The van der Waals surface area contributed by atoms with Crippen molar-refractivity contribution in [1.29, 1.82) is 0 Å². The van der Waals surface area contributed by atoms with Crippen LogP contribution in [0.1, 0.15) is 23.2 Å². The van der Waals surface area contributed by atoms with Crippen molar-refractivity contribution in [2.75, 3.05) is 0 Å². The molecule has 0 bridgehead atoms. The van der Waals surface area contributed by atoms with E-state index in [4.69, 9.17) is 5.11 Å². The van der Waals surface area contributed by atoms with Gasteiger partial charge in [0.15, 0.2) is 5.82 Å². The van der Waals surface area contributed by atoms with Crippen LogP contribution in [-0.2, 0) is 17.6 Å². The van der Waals surface area contributed by atoms with Crippen LogP contribution in [0, 0.1) is 12.8 Å². The van der Waals surface area contributed by atoms with E-state index in [1.54, 1.807) is 6.20 Å². The highest BCUT2D eigenvalue weighted by Gasteiger charge is 2.25. The average Bonchev–Trinajstić information content (AvgIpc) is 2.49. The monoisotopic (exact) mass is 346 g/mol. The molecule has 2 aromatic rings. The Bertz CT molecular complexity index is 715. The molecule has 0 saturated heterocycles.